The third-order valence-electron chi connectivity index (χ3n) is 3.73. The van der Waals surface area contributed by atoms with Crippen LogP contribution >= 0.6 is 23.1 Å². The SMILES string of the molecule is CCc1ccc(-c2nc(SCc3coc(-c4cccs4)n3)n[nH]2)cc1. The standard InChI is InChI=1S/C18H16N4OS2/c1-2-12-5-7-13(8-6-12)16-20-18(22-21-16)25-11-14-10-23-17(19-14)15-4-3-9-24-15/h3-10H,2,11H2,1H3,(H,20,21,22). The van der Waals surface area contributed by atoms with Gasteiger partial charge in [0.25, 0.3) is 0 Å². The third-order valence-corrected chi connectivity index (χ3v) is 5.47. The number of thiophene rings is 1. The average molecular weight is 368 g/mol. The first kappa shape index (κ1) is 16.1. The van der Waals surface area contributed by atoms with Crippen LogP contribution in [-0.2, 0) is 12.2 Å². The molecule has 4 aromatic rings. The van der Waals surface area contributed by atoms with Gasteiger partial charge in [-0.15, -0.1) is 16.4 Å². The van der Waals surface area contributed by atoms with E-state index in [0.717, 1.165) is 28.4 Å². The highest BCUT2D eigenvalue weighted by molar-refractivity contribution is 7.98. The van der Waals surface area contributed by atoms with Gasteiger partial charge >= 0.3 is 0 Å². The first-order chi connectivity index (χ1) is 12.3. The lowest BCUT2D eigenvalue weighted by Gasteiger charge is -1.98. The monoisotopic (exact) mass is 368 g/mol. The molecule has 3 heterocycles. The van der Waals surface area contributed by atoms with Crippen LogP contribution in [0, 0.1) is 0 Å². The predicted molar refractivity (Wildman–Crippen MR) is 101 cm³/mol. The molecule has 0 bridgehead atoms. The number of H-pyrrole nitrogens is 1. The predicted octanol–water partition coefficient (Wildman–Crippen LogP) is 5.04. The van der Waals surface area contributed by atoms with Gasteiger partial charge in [-0.25, -0.2) is 9.97 Å². The largest absolute Gasteiger partial charge is 0.444 e. The van der Waals surface area contributed by atoms with Crippen molar-refractivity contribution in [2.24, 2.45) is 0 Å². The molecule has 5 nitrogen and oxygen atoms in total. The summed E-state index contributed by atoms with van der Waals surface area (Å²) in [5.74, 6) is 2.11. The van der Waals surface area contributed by atoms with Crippen LogP contribution in [0.2, 0.25) is 0 Å². The second-order valence-electron chi connectivity index (χ2n) is 5.43. The number of aryl methyl sites for hydroxylation is 1. The van der Waals surface area contributed by atoms with E-state index in [-0.39, 0.29) is 0 Å². The maximum Gasteiger partial charge on any atom is 0.236 e. The Hall–Kier alpha value is -2.38. The summed E-state index contributed by atoms with van der Waals surface area (Å²) in [6.45, 7) is 2.14. The Morgan fingerprint density at radius 1 is 1.16 bits per heavy atom. The van der Waals surface area contributed by atoms with Crippen LogP contribution in [0.25, 0.3) is 22.2 Å². The summed E-state index contributed by atoms with van der Waals surface area (Å²) in [4.78, 5) is 10.1. The normalized spacial score (nSPS) is 11.1. The molecule has 0 aliphatic heterocycles. The molecule has 0 fully saturated rings. The molecular formula is C18H16N4OS2. The Kier molecular flexibility index (Phi) is 4.67. The van der Waals surface area contributed by atoms with Gasteiger partial charge in [-0.3, -0.25) is 5.10 Å². The molecule has 0 saturated heterocycles. The molecule has 7 heteroatoms. The van der Waals surface area contributed by atoms with Crippen LogP contribution in [0.3, 0.4) is 0 Å². The van der Waals surface area contributed by atoms with Gasteiger partial charge in [-0.2, -0.15) is 0 Å². The van der Waals surface area contributed by atoms with Crippen LogP contribution in [0.1, 0.15) is 18.2 Å². The van der Waals surface area contributed by atoms with Crippen molar-refractivity contribution in [1.82, 2.24) is 20.2 Å². The van der Waals surface area contributed by atoms with Crippen molar-refractivity contribution in [3.05, 3.63) is 59.3 Å². The van der Waals surface area contributed by atoms with Gasteiger partial charge in [0.1, 0.15) is 6.26 Å². The summed E-state index contributed by atoms with van der Waals surface area (Å²) in [5.41, 5.74) is 3.23. The van der Waals surface area contributed by atoms with Gasteiger partial charge in [0.2, 0.25) is 11.0 Å². The summed E-state index contributed by atoms with van der Waals surface area (Å²) >= 11 is 3.15. The van der Waals surface area contributed by atoms with Crippen molar-refractivity contribution in [3.8, 4) is 22.2 Å². The summed E-state index contributed by atoms with van der Waals surface area (Å²) in [5, 5.41) is 9.99. The van der Waals surface area contributed by atoms with Crippen LogP contribution < -0.4 is 0 Å². The zero-order valence-corrected chi connectivity index (χ0v) is 15.2. The van der Waals surface area contributed by atoms with Gasteiger partial charge in [0, 0.05) is 11.3 Å². The lowest BCUT2D eigenvalue weighted by molar-refractivity contribution is 0.575. The molecule has 4 rings (SSSR count). The molecule has 0 amide bonds. The van der Waals surface area contributed by atoms with E-state index < -0.39 is 0 Å². The molecule has 0 saturated carbocycles. The van der Waals surface area contributed by atoms with E-state index in [2.05, 4.69) is 51.4 Å². The molecule has 0 radical (unpaired) electrons. The Labute approximate surface area is 153 Å². The lowest BCUT2D eigenvalue weighted by Crippen LogP contribution is -1.84. The number of oxazole rings is 1. The zero-order valence-electron chi connectivity index (χ0n) is 13.6. The Morgan fingerprint density at radius 3 is 2.80 bits per heavy atom. The number of hydrogen-bond acceptors (Lipinski definition) is 6. The topological polar surface area (TPSA) is 67.6 Å². The minimum Gasteiger partial charge on any atom is -0.444 e. The van der Waals surface area contributed by atoms with Crippen molar-refractivity contribution >= 4 is 23.1 Å². The Balaban J connectivity index is 1.41. The highest BCUT2D eigenvalue weighted by Gasteiger charge is 2.10. The molecule has 3 aromatic heterocycles. The van der Waals surface area contributed by atoms with E-state index in [1.807, 2.05) is 17.5 Å². The molecular weight excluding hydrogens is 352 g/mol. The molecule has 1 aromatic carbocycles. The number of benzene rings is 1. The summed E-state index contributed by atoms with van der Waals surface area (Å²) < 4.78 is 5.53. The van der Waals surface area contributed by atoms with E-state index in [9.17, 15) is 0 Å². The second kappa shape index (κ2) is 7.25. The van der Waals surface area contributed by atoms with E-state index >= 15 is 0 Å². The van der Waals surface area contributed by atoms with Crippen LogP contribution in [0.5, 0.6) is 0 Å². The summed E-state index contributed by atoms with van der Waals surface area (Å²) in [6.07, 6.45) is 2.72. The van der Waals surface area contributed by atoms with Crippen molar-refractivity contribution in [2.45, 2.75) is 24.3 Å². The maximum absolute atomic E-state index is 5.53. The molecule has 1 N–H and O–H groups in total. The first-order valence-electron chi connectivity index (χ1n) is 7.94. The van der Waals surface area contributed by atoms with Crippen LogP contribution in [0.4, 0.5) is 0 Å². The van der Waals surface area contributed by atoms with Gasteiger partial charge in [-0.05, 0) is 23.4 Å². The van der Waals surface area contributed by atoms with Gasteiger partial charge in [-0.1, -0.05) is 49.0 Å². The molecule has 126 valence electrons. The van der Waals surface area contributed by atoms with E-state index in [1.54, 1.807) is 17.6 Å². The van der Waals surface area contributed by atoms with Crippen molar-refractivity contribution in [1.29, 1.82) is 0 Å². The van der Waals surface area contributed by atoms with Crippen LogP contribution in [0.15, 0.2) is 57.6 Å². The number of nitrogens with zero attached hydrogens (tertiary/aromatic N) is 3. The van der Waals surface area contributed by atoms with E-state index in [4.69, 9.17) is 4.42 Å². The molecule has 0 atom stereocenters. The fourth-order valence-electron chi connectivity index (χ4n) is 2.36. The molecule has 25 heavy (non-hydrogen) atoms. The number of hydrogen-bond donors (Lipinski definition) is 1. The summed E-state index contributed by atoms with van der Waals surface area (Å²) in [7, 11) is 0. The highest BCUT2D eigenvalue weighted by atomic mass is 32.2. The van der Waals surface area contributed by atoms with E-state index in [0.29, 0.717) is 16.8 Å². The number of rotatable bonds is 6. The van der Waals surface area contributed by atoms with Crippen molar-refractivity contribution < 1.29 is 4.42 Å². The lowest BCUT2D eigenvalue weighted by atomic mass is 10.1. The van der Waals surface area contributed by atoms with Gasteiger partial charge in [0.05, 0.1) is 10.6 Å². The number of aromatic nitrogens is 4. The number of nitrogens with one attached hydrogen (secondary N) is 1. The zero-order chi connectivity index (χ0) is 17.1. The second-order valence-corrected chi connectivity index (χ2v) is 7.32. The fourth-order valence-corrected chi connectivity index (χ4v) is 3.69. The third kappa shape index (κ3) is 3.67. The molecule has 0 aliphatic rings. The Morgan fingerprint density at radius 2 is 2.04 bits per heavy atom. The van der Waals surface area contributed by atoms with Gasteiger partial charge < -0.3 is 4.42 Å². The number of thioether (sulfide) groups is 1. The minimum absolute atomic E-state index is 0.664. The molecule has 0 spiro atoms. The van der Waals surface area contributed by atoms with Crippen molar-refractivity contribution in [2.75, 3.05) is 0 Å². The Bertz CT molecular complexity index is 942. The molecule has 0 unspecified atom stereocenters. The van der Waals surface area contributed by atoms with Gasteiger partial charge in [0.15, 0.2) is 5.82 Å². The maximum atomic E-state index is 5.53. The number of aromatic amines is 1. The quantitative estimate of drug-likeness (QED) is 0.483. The van der Waals surface area contributed by atoms with E-state index in [1.165, 1.54) is 17.3 Å². The fraction of sp³-hybridized carbons (Fsp3) is 0.167. The summed E-state index contributed by atoms with van der Waals surface area (Å²) in [6, 6.07) is 12.4. The first-order valence-corrected chi connectivity index (χ1v) is 9.81. The highest BCUT2D eigenvalue weighted by Crippen LogP contribution is 2.26. The smallest absolute Gasteiger partial charge is 0.236 e. The molecule has 0 aliphatic carbocycles. The average Bonchev–Trinajstić information content (AvgIpc) is 3.41. The van der Waals surface area contributed by atoms with Crippen molar-refractivity contribution in [3.63, 3.8) is 0 Å². The minimum atomic E-state index is 0.664. The van der Waals surface area contributed by atoms with Crippen LogP contribution in [-0.4, -0.2) is 20.2 Å².